The molecule has 0 spiro atoms. The Morgan fingerprint density at radius 1 is 1.41 bits per heavy atom. The van der Waals surface area contributed by atoms with Gasteiger partial charge in [0.1, 0.15) is 0 Å². The molecule has 0 radical (unpaired) electrons. The van der Waals surface area contributed by atoms with Gasteiger partial charge in [0, 0.05) is 25.0 Å². The van der Waals surface area contributed by atoms with Gasteiger partial charge in [0.25, 0.3) is 0 Å². The van der Waals surface area contributed by atoms with Crippen LogP contribution in [0.5, 0.6) is 0 Å². The Kier molecular flexibility index (Phi) is 4.93. The zero-order valence-electron chi connectivity index (χ0n) is 9.57. The van der Waals surface area contributed by atoms with Gasteiger partial charge in [-0.05, 0) is 12.8 Å². The molecule has 0 unspecified atom stereocenters. The molecule has 0 aliphatic heterocycles. The Morgan fingerprint density at radius 3 is 2.47 bits per heavy atom. The minimum Gasteiger partial charge on any atom is -0.445 e. The second-order valence-corrected chi connectivity index (χ2v) is 4.08. The molecule has 1 aromatic rings. The van der Waals surface area contributed by atoms with Crippen LogP contribution in [0.4, 0.5) is 12.9 Å². The van der Waals surface area contributed by atoms with Crippen LogP contribution in [0.1, 0.15) is 18.9 Å². The number of halogens is 3. The molecular formula is C9H11BF3KN2O. The summed E-state index contributed by atoms with van der Waals surface area (Å²) in [5, 5.41) is 0. The number of imidazole rings is 1. The molecule has 0 atom stereocenters. The Bertz CT molecular complexity index is 475. The van der Waals surface area contributed by atoms with E-state index in [9.17, 15) is 17.7 Å². The maximum atomic E-state index is 12.3. The van der Waals surface area contributed by atoms with E-state index in [2.05, 4.69) is 6.58 Å². The molecule has 0 aromatic carbocycles. The molecule has 0 saturated heterocycles. The summed E-state index contributed by atoms with van der Waals surface area (Å²) in [4.78, 5) is 11.6. The first-order chi connectivity index (χ1) is 7.39. The zero-order chi connectivity index (χ0) is 11.9. The molecule has 17 heavy (non-hydrogen) atoms. The summed E-state index contributed by atoms with van der Waals surface area (Å²) in [5.74, 6) is 0. The average molecular weight is 270 g/mol. The van der Waals surface area contributed by atoms with E-state index in [0.29, 0.717) is 0 Å². The molecular weight excluding hydrogens is 259 g/mol. The summed E-state index contributed by atoms with van der Waals surface area (Å²) >= 11 is 0. The van der Waals surface area contributed by atoms with Crippen LogP contribution in [-0.2, 0) is 6.54 Å². The Morgan fingerprint density at radius 2 is 2.00 bits per heavy atom. The second kappa shape index (κ2) is 5.48. The Hall–Kier alpha value is 0.241. The number of aromatic nitrogens is 2. The van der Waals surface area contributed by atoms with Crippen LogP contribution < -0.4 is 57.1 Å². The van der Waals surface area contributed by atoms with Crippen LogP contribution in [0.25, 0.3) is 0 Å². The molecule has 0 N–H and O–H groups in total. The molecule has 2 rings (SSSR count). The van der Waals surface area contributed by atoms with Crippen molar-refractivity contribution in [2.24, 2.45) is 0 Å². The van der Waals surface area contributed by atoms with Crippen molar-refractivity contribution in [1.82, 2.24) is 9.13 Å². The minimum absolute atomic E-state index is 0. The van der Waals surface area contributed by atoms with Crippen molar-refractivity contribution < 1.29 is 64.3 Å². The van der Waals surface area contributed by atoms with Gasteiger partial charge in [0.2, 0.25) is 0 Å². The predicted molar refractivity (Wildman–Crippen MR) is 55.2 cm³/mol. The monoisotopic (exact) mass is 270 g/mol. The van der Waals surface area contributed by atoms with Crippen LogP contribution in [0.3, 0.4) is 0 Å². The number of hydrogen-bond acceptors (Lipinski definition) is 1. The molecule has 1 aliphatic rings. The van der Waals surface area contributed by atoms with Gasteiger partial charge in [-0.25, -0.2) is 4.79 Å². The third-order valence-corrected chi connectivity index (χ3v) is 2.65. The van der Waals surface area contributed by atoms with Crippen molar-refractivity contribution >= 4 is 6.98 Å². The van der Waals surface area contributed by atoms with E-state index in [0.717, 1.165) is 17.4 Å². The van der Waals surface area contributed by atoms with Crippen LogP contribution in [-0.4, -0.2) is 16.1 Å². The van der Waals surface area contributed by atoms with Crippen LogP contribution in [0.2, 0.25) is 0 Å². The first-order valence-corrected chi connectivity index (χ1v) is 5.04. The van der Waals surface area contributed by atoms with Crippen molar-refractivity contribution in [3.63, 3.8) is 0 Å². The van der Waals surface area contributed by atoms with Crippen molar-refractivity contribution in [3.8, 4) is 0 Å². The molecule has 1 fully saturated rings. The van der Waals surface area contributed by atoms with E-state index in [4.69, 9.17) is 0 Å². The summed E-state index contributed by atoms with van der Waals surface area (Å²) in [7, 11) is 0. The van der Waals surface area contributed by atoms with Gasteiger partial charge in [0.15, 0.2) is 0 Å². The maximum Gasteiger partial charge on any atom is 1.00 e. The molecule has 0 amide bonds. The molecule has 1 aromatic heterocycles. The van der Waals surface area contributed by atoms with Gasteiger partial charge in [-0.2, -0.15) is 0 Å². The fourth-order valence-corrected chi connectivity index (χ4v) is 1.50. The molecule has 0 bridgehead atoms. The molecule has 3 nitrogen and oxygen atoms in total. The standard InChI is InChI=1S/C9H11BF3N2O.K/c1-7(10(11,12)13)6-14-4-5-15(9(14)16)8-2-3-8;/h4-5,8H,1-3,6H2;/q-1;+1. The SMILES string of the molecule is C=C(Cn1ccn(C2CC2)c1=O)[B-](F)(F)F.[K+]. The van der Waals surface area contributed by atoms with E-state index < -0.39 is 19.0 Å². The van der Waals surface area contributed by atoms with Crippen LogP contribution in [0, 0.1) is 0 Å². The number of hydrogen-bond donors (Lipinski definition) is 0. The predicted octanol–water partition coefficient (Wildman–Crippen LogP) is -1.07. The van der Waals surface area contributed by atoms with Gasteiger partial charge >= 0.3 is 64.1 Å². The van der Waals surface area contributed by atoms with Crippen LogP contribution >= 0.6 is 0 Å². The Balaban J connectivity index is 0.00000144. The van der Waals surface area contributed by atoms with E-state index in [1.165, 1.54) is 17.0 Å². The summed E-state index contributed by atoms with van der Waals surface area (Å²) in [6.07, 6.45) is 4.77. The normalized spacial score (nSPS) is 15.5. The number of rotatable bonds is 4. The minimum atomic E-state index is -5.07. The average Bonchev–Trinajstić information content (AvgIpc) is 2.93. The second-order valence-electron chi connectivity index (χ2n) is 4.08. The number of nitrogens with zero attached hydrogens (tertiary/aromatic N) is 2. The number of allylic oxidation sites excluding steroid dienone is 1. The molecule has 1 saturated carbocycles. The van der Waals surface area contributed by atoms with Crippen molar-refractivity contribution in [2.45, 2.75) is 25.4 Å². The summed E-state index contributed by atoms with van der Waals surface area (Å²) in [6, 6.07) is 0.179. The van der Waals surface area contributed by atoms with Gasteiger partial charge < -0.3 is 12.9 Å². The van der Waals surface area contributed by atoms with E-state index >= 15 is 0 Å². The Labute approximate surface area is 139 Å². The van der Waals surface area contributed by atoms with Gasteiger partial charge in [-0.3, -0.25) is 9.13 Å². The summed E-state index contributed by atoms with van der Waals surface area (Å²) < 4.78 is 39.4. The summed E-state index contributed by atoms with van der Waals surface area (Å²) in [5.41, 5.74) is -1.24. The van der Waals surface area contributed by atoms with Gasteiger partial charge in [-0.1, -0.05) is 0 Å². The molecule has 1 heterocycles. The van der Waals surface area contributed by atoms with Crippen molar-refractivity contribution in [2.75, 3.05) is 0 Å². The third-order valence-electron chi connectivity index (χ3n) is 2.65. The van der Waals surface area contributed by atoms with E-state index in [1.54, 1.807) is 0 Å². The van der Waals surface area contributed by atoms with Gasteiger partial charge in [0.05, 0.1) is 0 Å². The fraction of sp³-hybridized carbons (Fsp3) is 0.444. The summed E-state index contributed by atoms with van der Waals surface area (Å²) in [6.45, 7) is -2.57. The van der Waals surface area contributed by atoms with Crippen LogP contribution in [0.15, 0.2) is 29.2 Å². The third kappa shape index (κ3) is 3.60. The largest absolute Gasteiger partial charge is 1.00 e. The first-order valence-electron chi connectivity index (χ1n) is 5.04. The molecule has 8 heteroatoms. The quantitative estimate of drug-likeness (QED) is 0.640. The van der Waals surface area contributed by atoms with E-state index in [-0.39, 0.29) is 63.1 Å². The fourth-order valence-electron chi connectivity index (χ4n) is 1.50. The van der Waals surface area contributed by atoms with E-state index in [1.807, 2.05) is 0 Å². The van der Waals surface area contributed by atoms with Crippen molar-refractivity contribution in [1.29, 1.82) is 0 Å². The molecule has 1 aliphatic carbocycles. The smallest absolute Gasteiger partial charge is 0.445 e. The van der Waals surface area contributed by atoms with Gasteiger partial charge in [-0.15, -0.1) is 12.1 Å². The zero-order valence-corrected chi connectivity index (χ0v) is 12.7. The maximum absolute atomic E-state index is 12.3. The topological polar surface area (TPSA) is 26.9 Å². The van der Waals surface area contributed by atoms with Crippen molar-refractivity contribution in [3.05, 3.63) is 34.9 Å². The first kappa shape index (κ1) is 15.3. The molecule has 88 valence electrons.